The number of aromatic nitrogens is 1. The van der Waals surface area contributed by atoms with Gasteiger partial charge in [-0.1, -0.05) is 23.9 Å². The minimum Gasteiger partial charge on any atom is -0.461 e. The topological polar surface area (TPSA) is 97.5 Å². The lowest BCUT2D eigenvalue weighted by Crippen LogP contribution is -2.21. The van der Waals surface area contributed by atoms with Crippen LogP contribution in [0.1, 0.15) is 39.0 Å². The lowest BCUT2D eigenvalue weighted by Gasteiger charge is -2.11. The molecule has 0 bridgehead atoms. The Kier molecular flexibility index (Phi) is 7.77. The smallest absolute Gasteiger partial charge is 0.355 e. The van der Waals surface area contributed by atoms with Gasteiger partial charge in [0, 0.05) is 10.6 Å². The molecule has 0 atom stereocenters. The maximum atomic E-state index is 12.6. The number of thioether (sulfide) groups is 1. The van der Waals surface area contributed by atoms with Crippen LogP contribution in [0.5, 0.6) is 0 Å². The Morgan fingerprint density at radius 2 is 1.83 bits per heavy atom. The zero-order valence-corrected chi connectivity index (χ0v) is 16.8. The van der Waals surface area contributed by atoms with Crippen LogP contribution in [0.25, 0.3) is 0 Å². The first kappa shape index (κ1) is 22.4. The summed E-state index contributed by atoms with van der Waals surface area (Å²) in [5.41, 5.74) is 1.21. The first-order valence-corrected chi connectivity index (χ1v) is 9.49. The van der Waals surface area contributed by atoms with E-state index in [4.69, 9.17) is 9.47 Å². The number of halogens is 2. The molecule has 0 saturated heterocycles. The Morgan fingerprint density at radius 1 is 1.14 bits per heavy atom. The molecule has 1 aromatic heterocycles. The van der Waals surface area contributed by atoms with Gasteiger partial charge in [-0.25, -0.2) is 9.59 Å². The molecule has 1 heterocycles. The molecule has 0 spiro atoms. The van der Waals surface area contributed by atoms with Crippen LogP contribution in [-0.4, -0.2) is 41.8 Å². The molecule has 0 aliphatic carbocycles. The summed E-state index contributed by atoms with van der Waals surface area (Å²) < 4.78 is 35.2. The summed E-state index contributed by atoms with van der Waals surface area (Å²) in [6.07, 6.45) is 0. The molecule has 29 heavy (non-hydrogen) atoms. The van der Waals surface area contributed by atoms with Gasteiger partial charge >= 0.3 is 11.9 Å². The van der Waals surface area contributed by atoms with Gasteiger partial charge in [0.15, 0.2) is 6.61 Å². The number of hydrogen-bond acceptors (Lipinski definition) is 6. The zero-order chi connectivity index (χ0) is 21.6. The number of rotatable bonds is 8. The van der Waals surface area contributed by atoms with Gasteiger partial charge in [-0.2, -0.15) is 8.78 Å². The predicted molar refractivity (Wildman–Crippen MR) is 103 cm³/mol. The highest BCUT2D eigenvalue weighted by Crippen LogP contribution is 2.31. The van der Waals surface area contributed by atoms with Crippen LogP contribution in [0, 0.1) is 13.8 Å². The van der Waals surface area contributed by atoms with Crippen LogP contribution in [0.15, 0.2) is 29.2 Å². The molecule has 2 N–H and O–H groups in total. The van der Waals surface area contributed by atoms with Crippen molar-refractivity contribution < 1.29 is 32.6 Å². The molecule has 156 valence electrons. The Hall–Kier alpha value is -2.88. The highest BCUT2D eigenvalue weighted by molar-refractivity contribution is 7.99. The van der Waals surface area contributed by atoms with Crippen molar-refractivity contribution >= 4 is 35.3 Å². The van der Waals surface area contributed by atoms with Crippen LogP contribution in [0.2, 0.25) is 0 Å². The van der Waals surface area contributed by atoms with Crippen LogP contribution in [-0.2, 0) is 14.3 Å². The largest absolute Gasteiger partial charge is 0.461 e. The number of esters is 2. The summed E-state index contributed by atoms with van der Waals surface area (Å²) in [6, 6.07) is 6.07. The fourth-order valence-electron chi connectivity index (χ4n) is 2.62. The quantitative estimate of drug-likeness (QED) is 0.491. The van der Waals surface area contributed by atoms with Gasteiger partial charge in [0.05, 0.1) is 17.9 Å². The Morgan fingerprint density at radius 3 is 2.48 bits per heavy atom. The molecule has 0 saturated carbocycles. The number of nitrogens with one attached hydrogen (secondary N) is 2. The van der Waals surface area contributed by atoms with Gasteiger partial charge in [-0.05, 0) is 38.5 Å². The number of aromatic amines is 1. The summed E-state index contributed by atoms with van der Waals surface area (Å²) in [4.78, 5) is 39.3. The van der Waals surface area contributed by atoms with Crippen molar-refractivity contribution in [1.29, 1.82) is 0 Å². The lowest BCUT2D eigenvalue weighted by molar-refractivity contribution is -0.119. The number of carbonyl (C=O) groups is 3. The van der Waals surface area contributed by atoms with E-state index in [0.29, 0.717) is 23.0 Å². The Bertz CT molecular complexity index is 914. The number of carbonyl (C=O) groups excluding carboxylic acids is 3. The van der Waals surface area contributed by atoms with Crippen LogP contribution in [0.3, 0.4) is 0 Å². The zero-order valence-electron chi connectivity index (χ0n) is 16.0. The molecule has 2 aromatic rings. The fourth-order valence-corrected chi connectivity index (χ4v) is 3.22. The molecule has 0 aliphatic rings. The van der Waals surface area contributed by atoms with Crippen molar-refractivity contribution in [2.24, 2.45) is 0 Å². The standard InChI is InChI=1S/C19H20F2N2O5S/c1-4-27-18(26)16-10(2)15(11(3)22-16)17(25)28-9-14(24)23-12-7-5-6-8-13(12)29-19(20)21/h5-8,19,22H,4,9H2,1-3H3,(H,23,24). The highest BCUT2D eigenvalue weighted by Gasteiger charge is 2.24. The number of H-pyrrole nitrogens is 1. The van der Waals surface area contributed by atoms with Crippen molar-refractivity contribution in [2.45, 2.75) is 31.4 Å². The van der Waals surface area contributed by atoms with Crippen LogP contribution in [0.4, 0.5) is 14.5 Å². The molecule has 0 unspecified atom stereocenters. The van der Waals surface area contributed by atoms with E-state index in [2.05, 4.69) is 10.3 Å². The number of amides is 1. The molecule has 2 rings (SSSR count). The number of anilines is 1. The van der Waals surface area contributed by atoms with Crippen LogP contribution >= 0.6 is 11.8 Å². The minimum absolute atomic E-state index is 0.134. The number of para-hydroxylation sites is 1. The van der Waals surface area contributed by atoms with E-state index in [1.54, 1.807) is 32.9 Å². The molecule has 0 aliphatic heterocycles. The maximum Gasteiger partial charge on any atom is 0.355 e. The number of hydrogen-bond donors (Lipinski definition) is 2. The predicted octanol–water partition coefficient (Wildman–Crippen LogP) is 3.92. The number of benzene rings is 1. The normalized spacial score (nSPS) is 10.7. The van der Waals surface area contributed by atoms with Gasteiger partial charge in [-0.3, -0.25) is 4.79 Å². The van der Waals surface area contributed by atoms with Crippen molar-refractivity contribution in [3.8, 4) is 0 Å². The third kappa shape index (κ3) is 5.80. The average Bonchev–Trinajstić information content (AvgIpc) is 2.95. The molecule has 0 fully saturated rings. The monoisotopic (exact) mass is 426 g/mol. The molecular weight excluding hydrogens is 406 g/mol. The Labute approximate surface area is 170 Å². The van der Waals surface area contributed by atoms with Gasteiger partial charge < -0.3 is 19.8 Å². The van der Waals surface area contributed by atoms with Crippen LogP contribution < -0.4 is 5.32 Å². The molecule has 7 nitrogen and oxygen atoms in total. The summed E-state index contributed by atoms with van der Waals surface area (Å²) in [6.45, 7) is 4.37. The van der Waals surface area contributed by atoms with E-state index in [0.717, 1.165) is 0 Å². The van der Waals surface area contributed by atoms with Gasteiger partial charge in [0.25, 0.3) is 11.7 Å². The summed E-state index contributed by atoms with van der Waals surface area (Å²) in [7, 11) is 0. The second-order valence-electron chi connectivity index (χ2n) is 5.84. The van der Waals surface area contributed by atoms with Crippen molar-refractivity contribution in [3.05, 3.63) is 46.8 Å². The summed E-state index contributed by atoms with van der Waals surface area (Å²) in [5, 5.41) is 2.44. The Balaban J connectivity index is 2.03. The fraction of sp³-hybridized carbons (Fsp3) is 0.316. The second kappa shape index (κ2) is 10.1. The first-order chi connectivity index (χ1) is 13.7. The number of alkyl halides is 2. The van der Waals surface area contributed by atoms with Crippen molar-refractivity contribution in [3.63, 3.8) is 0 Å². The van der Waals surface area contributed by atoms with E-state index in [1.807, 2.05) is 0 Å². The lowest BCUT2D eigenvalue weighted by atomic mass is 10.1. The van der Waals surface area contributed by atoms with Crippen molar-refractivity contribution in [2.75, 3.05) is 18.5 Å². The molecule has 1 aromatic carbocycles. The van der Waals surface area contributed by atoms with E-state index in [9.17, 15) is 23.2 Å². The maximum absolute atomic E-state index is 12.6. The summed E-state index contributed by atoms with van der Waals surface area (Å²) >= 11 is 0.298. The third-order valence-corrected chi connectivity index (χ3v) is 4.62. The number of aryl methyl sites for hydroxylation is 1. The highest BCUT2D eigenvalue weighted by atomic mass is 32.2. The van der Waals surface area contributed by atoms with E-state index in [-0.39, 0.29) is 28.4 Å². The number of ether oxygens (including phenoxy) is 2. The molecule has 10 heteroatoms. The van der Waals surface area contributed by atoms with E-state index >= 15 is 0 Å². The first-order valence-electron chi connectivity index (χ1n) is 8.61. The molecule has 1 amide bonds. The van der Waals surface area contributed by atoms with Gasteiger partial charge in [0.2, 0.25) is 0 Å². The van der Waals surface area contributed by atoms with E-state index in [1.165, 1.54) is 12.1 Å². The van der Waals surface area contributed by atoms with Gasteiger partial charge in [-0.15, -0.1) is 0 Å². The SMILES string of the molecule is CCOC(=O)c1[nH]c(C)c(C(=O)OCC(=O)Nc2ccccc2SC(F)F)c1C. The molecule has 0 radical (unpaired) electrons. The van der Waals surface area contributed by atoms with Gasteiger partial charge in [0.1, 0.15) is 5.69 Å². The summed E-state index contributed by atoms with van der Waals surface area (Å²) in [5.74, 6) is -4.72. The minimum atomic E-state index is -2.64. The second-order valence-corrected chi connectivity index (χ2v) is 6.88. The van der Waals surface area contributed by atoms with Crippen molar-refractivity contribution in [1.82, 2.24) is 4.98 Å². The average molecular weight is 426 g/mol. The molecular formula is C19H20F2N2O5S. The third-order valence-electron chi connectivity index (χ3n) is 3.83. The van der Waals surface area contributed by atoms with E-state index < -0.39 is 30.2 Å².